The molecule has 4 rings (SSSR count). The molecule has 1 saturated heterocycles. The summed E-state index contributed by atoms with van der Waals surface area (Å²) in [6.07, 6.45) is 1.68. The standard InChI is InChI=1S/C28H33N3O2S/c1-18-5-9-22(10-6-18)17-29-26(32)20(3)23-13-15-31(16-14-23)28(33)25-21(4)30-27(34-25)24-11-7-19(2)8-12-24/h5-12,20,23H,13-17H2,1-4H3,(H,29,32)/t20-/m1/s1. The molecular formula is C28H33N3O2S. The molecule has 1 fully saturated rings. The van der Waals surface area contributed by atoms with E-state index in [1.54, 1.807) is 0 Å². The van der Waals surface area contributed by atoms with E-state index in [9.17, 15) is 9.59 Å². The number of hydrogen-bond acceptors (Lipinski definition) is 4. The molecule has 2 aromatic carbocycles. The number of aromatic nitrogens is 1. The van der Waals surface area contributed by atoms with Gasteiger partial charge in [0.2, 0.25) is 5.91 Å². The monoisotopic (exact) mass is 475 g/mol. The molecule has 34 heavy (non-hydrogen) atoms. The molecule has 178 valence electrons. The predicted molar refractivity (Wildman–Crippen MR) is 138 cm³/mol. The molecule has 5 nitrogen and oxygen atoms in total. The van der Waals surface area contributed by atoms with E-state index in [1.165, 1.54) is 22.5 Å². The second kappa shape index (κ2) is 10.5. The Morgan fingerprint density at radius 3 is 2.21 bits per heavy atom. The third-order valence-corrected chi connectivity index (χ3v) is 8.02. The smallest absolute Gasteiger partial charge is 0.265 e. The van der Waals surface area contributed by atoms with Gasteiger partial charge in [0.1, 0.15) is 9.88 Å². The van der Waals surface area contributed by atoms with Crippen LogP contribution < -0.4 is 5.32 Å². The zero-order valence-electron chi connectivity index (χ0n) is 20.4. The molecule has 2 heterocycles. The van der Waals surface area contributed by atoms with Crippen molar-refractivity contribution in [3.05, 3.63) is 75.8 Å². The van der Waals surface area contributed by atoms with E-state index in [0.717, 1.165) is 39.5 Å². The molecule has 6 heteroatoms. The van der Waals surface area contributed by atoms with Gasteiger partial charge in [0.25, 0.3) is 5.91 Å². The third-order valence-electron chi connectivity index (χ3n) is 6.82. The lowest BCUT2D eigenvalue weighted by atomic mass is 9.84. The molecule has 0 saturated carbocycles. The Hall–Kier alpha value is -2.99. The van der Waals surface area contributed by atoms with Crippen LogP contribution in [0.4, 0.5) is 0 Å². The summed E-state index contributed by atoms with van der Waals surface area (Å²) >= 11 is 1.47. The fraction of sp³-hybridized carbons (Fsp3) is 0.393. The number of rotatable bonds is 6. The zero-order valence-corrected chi connectivity index (χ0v) is 21.2. The first-order valence-electron chi connectivity index (χ1n) is 12.0. The van der Waals surface area contributed by atoms with Crippen molar-refractivity contribution in [2.24, 2.45) is 11.8 Å². The predicted octanol–water partition coefficient (Wildman–Crippen LogP) is 5.54. The molecule has 1 aliphatic heterocycles. The van der Waals surface area contributed by atoms with Crippen molar-refractivity contribution in [3.63, 3.8) is 0 Å². The van der Waals surface area contributed by atoms with Crippen LogP contribution >= 0.6 is 11.3 Å². The Kier molecular flexibility index (Phi) is 7.47. The number of carbonyl (C=O) groups excluding carboxylic acids is 2. The molecule has 2 amide bonds. The van der Waals surface area contributed by atoms with Crippen LogP contribution in [0.3, 0.4) is 0 Å². The number of piperidine rings is 1. The summed E-state index contributed by atoms with van der Waals surface area (Å²) in [6.45, 7) is 9.94. The molecule has 0 spiro atoms. The maximum absolute atomic E-state index is 13.2. The van der Waals surface area contributed by atoms with Crippen molar-refractivity contribution in [2.45, 2.75) is 47.1 Å². The molecule has 3 aromatic rings. The Labute approximate surface area is 206 Å². The molecule has 0 radical (unpaired) electrons. The quantitative estimate of drug-likeness (QED) is 0.509. The molecule has 1 N–H and O–H groups in total. The van der Waals surface area contributed by atoms with Crippen LogP contribution in [0.1, 0.15) is 51.8 Å². The Balaban J connectivity index is 1.31. The number of nitrogens with zero attached hydrogens (tertiary/aromatic N) is 2. The summed E-state index contributed by atoms with van der Waals surface area (Å²) < 4.78 is 0. The first-order valence-corrected chi connectivity index (χ1v) is 12.8. The van der Waals surface area contributed by atoms with Gasteiger partial charge in [-0.2, -0.15) is 0 Å². The van der Waals surface area contributed by atoms with E-state index in [0.29, 0.717) is 19.6 Å². The molecular weight excluding hydrogens is 442 g/mol. The van der Waals surface area contributed by atoms with Crippen molar-refractivity contribution >= 4 is 23.2 Å². The van der Waals surface area contributed by atoms with E-state index in [1.807, 2.05) is 18.7 Å². The highest BCUT2D eigenvalue weighted by atomic mass is 32.1. The Morgan fingerprint density at radius 2 is 1.59 bits per heavy atom. The van der Waals surface area contributed by atoms with Gasteiger partial charge in [-0.15, -0.1) is 11.3 Å². The number of aryl methyl sites for hydroxylation is 3. The van der Waals surface area contributed by atoms with Gasteiger partial charge in [-0.25, -0.2) is 4.98 Å². The van der Waals surface area contributed by atoms with Gasteiger partial charge in [-0.1, -0.05) is 66.6 Å². The fourth-order valence-electron chi connectivity index (χ4n) is 4.43. The topological polar surface area (TPSA) is 62.3 Å². The lowest BCUT2D eigenvalue weighted by Crippen LogP contribution is -2.42. The van der Waals surface area contributed by atoms with Crippen molar-refractivity contribution in [1.82, 2.24) is 15.2 Å². The second-order valence-electron chi connectivity index (χ2n) is 9.42. The first kappa shape index (κ1) is 24.1. The van der Waals surface area contributed by atoms with Crippen molar-refractivity contribution in [3.8, 4) is 10.6 Å². The van der Waals surface area contributed by atoms with Crippen LogP contribution in [0.15, 0.2) is 48.5 Å². The third kappa shape index (κ3) is 5.55. The average Bonchev–Trinajstić information content (AvgIpc) is 3.24. The van der Waals surface area contributed by atoms with Crippen molar-refractivity contribution in [2.75, 3.05) is 13.1 Å². The minimum atomic E-state index is -0.0685. The number of carbonyl (C=O) groups is 2. The van der Waals surface area contributed by atoms with Gasteiger partial charge in [-0.05, 0) is 45.1 Å². The minimum absolute atomic E-state index is 0.0586. The van der Waals surface area contributed by atoms with Crippen LogP contribution in [0.5, 0.6) is 0 Å². The van der Waals surface area contributed by atoms with Gasteiger partial charge < -0.3 is 10.2 Å². The summed E-state index contributed by atoms with van der Waals surface area (Å²) in [5.41, 5.74) is 5.36. The Morgan fingerprint density at radius 1 is 1.00 bits per heavy atom. The molecule has 0 aliphatic carbocycles. The summed E-state index contributed by atoms with van der Waals surface area (Å²) in [5, 5.41) is 3.96. The fourth-order valence-corrected chi connectivity index (χ4v) is 5.47. The normalized spacial score (nSPS) is 15.2. The van der Waals surface area contributed by atoms with E-state index < -0.39 is 0 Å². The maximum atomic E-state index is 13.2. The number of benzene rings is 2. The average molecular weight is 476 g/mol. The summed E-state index contributed by atoms with van der Waals surface area (Å²) in [7, 11) is 0. The highest BCUT2D eigenvalue weighted by Crippen LogP contribution is 2.31. The zero-order chi connectivity index (χ0) is 24.2. The number of likely N-dealkylation sites (tertiary alicyclic amines) is 1. The van der Waals surface area contributed by atoms with Gasteiger partial charge in [-0.3, -0.25) is 9.59 Å². The van der Waals surface area contributed by atoms with E-state index in [2.05, 4.69) is 72.7 Å². The lowest BCUT2D eigenvalue weighted by molar-refractivity contribution is -0.126. The number of amides is 2. The van der Waals surface area contributed by atoms with Crippen LogP contribution in [0.2, 0.25) is 0 Å². The Bertz CT molecular complexity index is 1140. The highest BCUT2D eigenvalue weighted by molar-refractivity contribution is 7.17. The summed E-state index contributed by atoms with van der Waals surface area (Å²) in [4.78, 5) is 33.3. The molecule has 0 unspecified atom stereocenters. The number of hydrogen-bond donors (Lipinski definition) is 1. The molecule has 0 bridgehead atoms. The minimum Gasteiger partial charge on any atom is -0.352 e. The van der Waals surface area contributed by atoms with E-state index in [-0.39, 0.29) is 23.7 Å². The van der Waals surface area contributed by atoms with Crippen molar-refractivity contribution in [1.29, 1.82) is 0 Å². The highest BCUT2D eigenvalue weighted by Gasteiger charge is 2.31. The van der Waals surface area contributed by atoms with Crippen LogP contribution in [-0.4, -0.2) is 34.8 Å². The second-order valence-corrected chi connectivity index (χ2v) is 10.4. The molecule has 1 atom stereocenters. The number of nitrogens with one attached hydrogen (secondary N) is 1. The summed E-state index contributed by atoms with van der Waals surface area (Å²) in [6, 6.07) is 16.5. The lowest BCUT2D eigenvalue weighted by Gasteiger charge is -2.34. The van der Waals surface area contributed by atoms with Crippen LogP contribution in [0, 0.1) is 32.6 Å². The van der Waals surface area contributed by atoms with Gasteiger partial charge in [0, 0.05) is 31.1 Å². The SMILES string of the molecule is Cc1ccc(CNC(=O)[C@H](C)C2CCN(C(=O)c3sc(-c4ccc(C)cc4)nc3C)CC2)cc1. The van der Waals surface area contributed by atoms with Gasteiger partial charge in [0.15, 0.2) is 0 Å². The van der Waals surface area contributed by atoms with Gasteiger partial charge >= 0.3 is 0 Å². The molecule has 1 aromatic heterocycles. The largest absolute Gasteiger partial charge is 0.352 e. The van der Waals surface area contributed by atoms with E-state index >= 15 is 0 Å². The summed E-state index contributed by atoms with van der Waals surface area (Å²) in [5.74, 6) is 0.364. The number of thiazole rings is 1. The van der Waals surface area contributed by atoms with Gasteiger partial charge in [0.05, 0.1) is 5.69 Å². The van der Waals surface area contributed by atoms with Crippen LogP contribution in [-0.2, 0) is 11.3 Å². The van der Waals surface area contributed by atoms with Crippen molar-refractivity contribution < 1.29 is 9.59 Å². The van der Waals surface area contributed by atoms with Crippen LogP contribution in [0.25, 0.3) is 10.6 Å². The maximum Gasteiger partial charge on any atom is 0.265 e. The first-order chi connectivity index (χ1) is 16.3. The van der Waals surface area contributed by atoms with E-state index in [4.69, 9.17) is 0 Å². The molecule has 1 aliphatic rings.